The molecule has 1 atom stereocenters. The smallest absolute Gasteiger partial charge is 0.228 e. The average Bonchev–Trinajstić information content (AvgIpc) is 3.03. The largest absolute Gasteiger partial charge is 0.338 e. The number of carbonyl (C=O) groups is 1. The molecule has 2 aromatic heterocycles. The summed E-state index contributed by atoms with van der Waals surface area (Å²) in [6.45, 7) is 1.38. The molecule has 1 amide bonds. The van der Waals surface area contributed by atoms with Gasteiger partial charge in [0.15, 0.2) is 0 Å². The lowest BCUT2D eigenvalue weighted by Crippen LogP contribution is -2.40. The Labute approximate surface area is 112 Å². The number of fused-ring (bicyclic) bond motifs is 1. The van der Waals surface area contributed by atoms with Crippen LogP contribution in [0.15, 0.2) is 30.6 Å². The third-order valence-electron chi connectivity index (χ3n) is 3.72. The summed E-state index contributed by atoms with van der Waals surface area (Å²) in [5, 5.41) is 0. The van der Waals surface area contributed by atoms with Crippen molar-refractivity contribution in [2.45, 2.75) is 25.3 Å². The second kappa shape index (κ2) is 5.01. The molecule has 1 fully saturated rings. The molecular formula is C14H18N4O. The van der Waals surface area contributed by atoms with Crippen molar-refractivity contribution in [3.05, 3.63) is 36.3 Å². The van der Waals surface area contributed by atoms with Crippen molar-refractivity contribution in [1.29, 1.82) is 0 Å². The molecule has 0 aliphatic carbocycles. The molecule has 5 nitrogen and oxygen atoms in total. The summed E-state index contributed by atoms with van der Waals surface area (Å²) < 4.78 is 1.94. The number of nitrogens with zero attached hydrogens (tertiary/aromatic N) is 3. The van der Waals surface area contributed by atoms with Crippen molar-refractivity contribution in [3.8, 4) is 0 Å². The van der Waals surface area contributed by atoms with Gasteiger partial charge in [-0.2, -0.15) is 0 Å². The molecule has 3 heterocycles. The molecule has 0 bridgehead atoms. The normalized spacial score (nSPS) is 19.2. The highest BCUT2D eigenvalue weighted by atomic mass is 16.2. The number of hydrogen-bond acceptors (Lipinski definition) is 3. The summed E-state index contributed by atoms with van der Waals surface area (Å²) in [6.07, 6.45) is 6.29. The molecular weight excluding hydrogens is 240 g/mol. The number of rotatable bonds is 3. The van der Waals surface area contributed by atoms with Crippen LogP contribution in [0, 0.1) is 0 Å². The number of likely N-dealkylation sites (tertiary alicyclic amines) is 1. The predicted octanol–water partition coefficient (Wildman–Crippen LogP) is 0.826. The van der Waals surface area contributed by atoms with Crippen molar-refractivity contribution >= 4 is 11.6 Å². The standard InChI is InChI=1S/C14H18N4O/c15-9-12-4-3-7-18(12)14(19)8-11-10-17-6-2-1-5-13(17)16-11/h1-2,5-6,10,12H,3-4,7-9,15H2. The van der Waals surface area contributed by atoms with Gasteiger partial charge in [0.25, 0.3) is 0 Å². The van der Waals surface area contributed by atoms with Gasteiger partial charge >= 0.3 is 0 Å². The predicted molar refractivity (Wildman–Crippen MR) is 72.7 cm³/mol. The maximum atomic E-state index is 12.3. The summed E-state index contributed by atoms with van der Waals surface area (Å²) >= 11 is 0. The fraction of sp³-hybridized carbons (Fsp3) is 0.429. The number of aromatic nitrogens is 2. The zero-order chi connectivity index (χ0) is 13.2. The van der Waals surface area contributed by atoms with Crippen LogP contribution in [0.3, 0.4) is 0 Å². The van der Waals surface area contributed by atoms with Crippen LogP contribution < -0.4 is 5.73 Å². The second-order valence-corrected chi connectivity index (χ2v) is 4.99. The molecule has 1 saturated heterocycles. The van der Waals surface area contributed by atoms with Crippen molar-refractivity contribution in [2.75, 3.05) is 13.1 Å². The maximum absolute atomic E-state index is 12.3. The van der Waals surface area contributed by atoms with Gasteiger partial charge in [-0.25, -0.2) is 4.98 Å². The minimum absolute atomic E-state index is 0.136. The lowest BCUT2D eigenvalue weighted by atomic mass is 10.2. The first-order valence-corrected chi connectivity index (χ1v) is 6.70. The SMILES string of the molecule is NCC1CCCN1C(=O)Cc1cn2ccccc2n1. The zero-order valence-corrected chi connectivity index (χ0v) is 10.8. The molecule has 2 aromatic rings. The average molecular weight is 258 g/mol. The van der Waals surface area contributed by atoms with Crippen LogP contribution in [0.2, 0.25) is 0 Å². The van der Waals surface area contributed by atoms with E-state index in [0.717, 1.165) is 30.7 Å². The minimum atomic E-state index is 0.136. The Morgan fingerprint density at radius 1 is 1.47 bits per heavy atom. The van der Waals surface area contributed by atoms with Gasteiger partial charge in [-0.1, -0.05) is 6.07 Å². The molecule has 3 rings (SSSR count). The highest BCUT2D eigenvalue weighted by Gasteiger charge is 2.27. The molecule has 0 radical (unpaired) electrons. The molecule has 0 saturated carbocycles. The minimum Gasteiger partial charge on any atom is -0.338 e. The molecule has 1 aliphatic rings. The Kier molecular flexibility index (Phi) is 3.21. The van der Waals surface area contributed by atoms with Gasteiger partial charge in [-0.05, 0) is 25.0 Å². The van der Waals surface area contributed by atoms with Crippen LogP contribution in [-0.2, 0) is 11.2 Å². The Balaban J connectivity index is 1.75. The van der Waals surface area contributed by atoms with E-state index in [2.05, 4.69) is 4.98 Å². The van der Waals surface area contributed by atoms with E-state index in [-0.39, 0.29) is 11.9 Å². The van der Waals surface area contributed by atoms with E-state index in [4.69, 9.17) is 5.73 Å². The van der Waals surface area contributed by atoms with E-state index in [1.165, 1.54) is 0 Å². The van der Waals surface area contributed by atoms with E-state index in [1.54, 1.807) is 0 Å². The van der Waals surface area contributed by atoms with Crippen LogP contribution in [0.5, 0.6) is 0 Å². The molecule has 19 heavy (non-hydrogen) atoms. The summed E-state index contributed by atoms with van der Waals surface area (Å²) in [5.74, 6) is 0.136. The Hall–Kier alpha value is -1.88. The highest BCUT2D eigenvalue weighted by molar-refractivity contribution is 5.79. The number of carbonyl (C=O) groups excluding carboxylic acids is 1. The van der Waals surface area contributed by atoms with Gasteiger partial charge in [0.05, 0.1) is 12.1 Å². The van der Waals surface area contributed by atoms with Crippen molar-refractivity contribution in [1.82, 2.24) is 14.3 Å². The van der Waals surface area contributed by atoms with E-state index < -0.39 is 0 Å². The van der Waals surface area contributed by atoms with Gasteiger partial charge in [-0.3, -0.25) is 4.79 Å². The molecule has 1 aliphatic heterocycles. The fourth-order valence-electron chi connectivity index (χ4n) is 2.74. The number of nitrogens with two attached hydrogens (primary N) is 1. The Bertz CT molecular complexity index is 559. The van der Waals surface area contributed by atoms with Crippen LogP contribution in [-0.4, -0.2) is 39.3 Å². The van der Waals surface area contributed by atoms with E-state index in [0.29, 0.717) is 13.0 Å². The molecule has 2 N–H and O–H groups in total. The van der Waals surface area contributed by atoms with Gasteiger partial charge in [-0.15, -0.1) is 0 Å². The Morgan fingerprint density at radius 2 is 2.37 bits per heavy atom. The highest BCUT2D eigenvalue weighted by Crippen LogP contribution is 2.17. The monoisotopic (exact) mass is 258 g/mol. The van der Waals surface area contributed by atoms with E-state index in [1.807, 2.05) is 39.9 Å². The quantitative estimate of drug-likeness (QED) is 0.886. The number of amides is 1. The van der Waals surface area contributed by atoms with Gasteiger partial charge in [0.2, 0.25) is 5.91 Å². The summed E-state index contributed by atoms with van der Waals surface area (Å²) in [5.41, 5.74) is 7.40. The van der Waals surface area contributed by atoms with Crippen LogP contribution in [0.25, 0.3) is 5.65 Å². The molecule has 100 valence electrons. The lowest BCUT2D eigenvalue weighted by molar-refractivity contribution is -0.131. The van der Waals surface area contributed by atoms with Crippen LogP contribution in [0.4, 0.5) is 0 Å². The first-order chi connectivity index (χ1) is 9.28. The summed E-state index contributed by atoms with van der Waals surface area (Å²) in [4.78, 5) is 18.6. The number of imidazole rings is 1. The van der Waals surface area contributed by atoms with Gasteiger partial charge in [0.1, 0.15) is 5.65 Å². The van der Waals surface area contributed by atoms with Gasteiger partial charge < -0.3 is 15.0 Å². The first-order valence-electron chi connectivity index (χ1n) is 6.70. The number of pyridine rings is 1. The lowest BCUT2D eigenvalue weighted by Gasteiger charge is -2.23. The second-order valence-electron chi connectivity index (χ2n) is 4.99. The molecule has 1 unspecified atom stereocenters. The number of hydrogen-bond donors (Lipinski definition) is 1. The van der Waals surface area contributed by atoms with Crippen molar-refractivity contribution in [3.63, 3.8) is 0 Å². The fourth-order valence-corrected chi connectivity index (χ4v) is 2.74. The Morgan fingerprint density at radius 3 is 3.16 bits per heavy atom. The molecule has 5 heteroatoms. The van der Waals surface area contributed by atoms with Crippen molar-refractivity contribution < 1.29 is 4.79 Å². The zero-order valence-electron chi connectivity index (χ0n) is 10.8. The maximum Gasteiger partial charge on any atom is 0.228 e. The third-order valence-corrected chi connectivity index (χ3v) is 3.72. The van der Waals surface area contributed by atoms with E-state index in [9.17, 15) is 4.79 Å². The van der Waals surface area contributed by atoms with Crippen LogP contribution in [0.1, 0.15) is 18.5 Å². The third kappa shape index (κ3) is 2.33. The van der Waals surface area contributed by atoms with E-state index >= 15 is 0 Å². The first kappa shape index (κ1) is 12.2. The van der Waals surface area contributed by atoms with Crippen LogP contribution >= 0.6 is 0 Å². The summed E-state index contributed by atoms with van der Waals surface area (Å²) in [7, 11) is 0. The van der Waals surface area contributed by atoms with Crippen molar-refractivity contribution in [2.24, 2.45) is 5.73 Å². The van der Waals surface area contributed by atoms with Gasteiger partial charge in [0, 0.05) is 31.5 Å². The topological polar surface area (TPSA) is 63.6 Å². The summed E-state index contributed by atoms with van der Waals surface area (Å²) in [6, 6.07) is 6.04. The molecule has 0 aromatic carbocycles. The molecule has 0 spiro atoms.